The number of halogens is 1. The fourth-order valence-corrected chi connectivity index (χ4v) is 5.38. The van der Waals surface area contributed by atoms with Crippen molar-refractivity contribution in [2.45, 2.75) is 32.9 Å². The van der Waals surface area contributed by atoms with Crippen LogP contribution in [0.1, 0.15) is 40.3 Å². The first-order valence-electron chi connectivity index (χ1n) is 11.3. The minimum atomic E-state index is -0.149. The normalized spacial score (nSPS) is 17.5. The number of benzene rings is 1. The predicted octanol–water partition coefficient (Wildman–Crippen LogP) is 6.03. The Hall–Kier alpha value is -3.42. The first-order chi connectivity index (χ1) is 16.9. The number of rotatable bonds is 5. The molecule has 0 spiro atoms. The van der Waals surface area contributed by atoms with Gasteiger partial charge in [0, 0.05) is 29.5 Å². The maximum absolute atomic E-state index is 6.52. The first-order valence-corrected chi connectivity index (χ1v) is 12.1. The van der Waals surface area contributed by atoms with E-state index in [1.54, 1.807) is 7.11 Å². The summed E-state index contributed by atoms with van der Waals surface area (Å²) in [6.45, 7) is 6.26. The Morgan fingerprint density at radius 3 is 2.51 bits per heavy atom. The van der Waals surface area contributed by atoms with Gasteiger partial charge in [-0.05, 0) is 86.6 Å². The molecule has 1 saturated heterocycles. The van der Waals surface area contributed by atoms with E-state index in [9.17, 15) is 0 Å². The summed E-state index contributed by atoms with van der Waals surface area (Å²) in [4.78, 5) is 11.5. The number of aryl methyl sites for hydroxylation is 2. The van der Waals surface area contributed by atoms with Crippen molar-refractivity contribution in [3.05, 3.63) is 100 Å². The molecule has 6 nitrogen and oxygen atoms in total. The lowest BCUT2D eigenvalue weighted by molar-refractivity contribution is 0.415. The van der Waals surface area contributed by atoms with Crippen LogP contribution in [0.25, 0.3) is 5.82 Å². The van der Waals surface area contributed by atoms with E-state index in [1.165, 1.54) is 0 Å². The molecule has 1 aromatic carbocycles. The van der Waals surface area contributed by atoms with Crippen LogP contribution >= 0.6 is 23.8 Å². The molecule has 178 valence electrons. The largest absolute Gasteiger partial charge is 0.495 e. The van der Waals surface area contributed by atoms with Gasteiger partial charge < -0.3 is 19.5 Å². The van der Waals surface area contributed by atoms with Gasteiger partial charge in [-0.1, -0.05) is 23.7 Å². The molecule has 1 N–H and O–H groups in total. The monoisotopic (exact) mass is 503 g/mol. The zero-order chi connectivity index (χ0) is 24.7. The van der Waals surface area contributed by atoms with Gasteiger partial charge in [-0.2, -0.15) is 0 Å². The number of hydrogen-bond donors (Lipinski definition) is 1. The van der Waals surface area contributed by atoms with Gasteiger partial charge in [0.2, 0.25) is 0 Å². The van der Waals surface area contributed by atoms with Gasteiger partial charge >= 0.3 is 0 Å². The molecule has 0 unspecified atom stereocenters. The van der Waals surface area contributed by atoms with E-state index in [4.69, 9.17) is 28.6 Å². The van der Waals surface area contributed by atoms with Crippen molar-refractivity contribution < 1.29 is 4.74 Å². The lowest BCUT2D eigenvalue weighted by Crippen LogP contribution is -2.29. The molecule has 35 heavy (non-hydrogen) atoms. The Bertz CT molecular complexity index is 1390. The highest BCUT2D eigenvalue weighted by atomic mass is 35.5. The Morgan fingerprint density at radius 1 is 1.03 bits per heavy atom. The van der Waals surface area contributed by atoms with Crippen LogP contribution in [0.15, 0.2) is 67.0 Å². The smallest absolute Gasteiger partial charge is 0.174 e. The Labute approximate surface area is 215 Å². The number of pyridine rings is 2. The van der Waals surface area contributed by atoms with E-state index < -0.39 is 0 Å². The third-order valence-electron chi connectivity index (χ3n) is 6.43. The van der Waals surface area contributed by atoms with Gasteiger partial charge in [0.05, 0.1) is 29.9 Å². The van der Waals surface area contributed by atoms with Crippen LogP contribution < -0.4 is 15.0 Å². The molecule has 5 rings (SSSR count). The van der Waals surface area contributed by atoms with E-state index in [0.717, 1.165) is 39.7 Å². The fourth-order valence-electron chi connectivity index (χ4n) is 4.79. The molecule has 3 aromatic heterocycles. The summed E-state index contributed by atoms with van der Waals surface area (Å²) < 4.78 is 7.55. The zero-order valence-electron chi connectivity index (χ0n) is 20.0. The second-order valence-corrected chi connectivity index (χ2v) is 9.46. The second kappa shape index (κ2) is 9.32. The van der Waals surface area contributed by atoms with Crippen molar-refractivity contribution >= 4 is 34.6 Å². The number of nitrogens with one attached hydrogen (secondary N) is 1. The number of aromatic nitrogens is 3. The highest BCUT2D eigenvalue weighted by Gasteiger charge is 2.42. The van der Waals surface area contributed by atoms with Gasteiger partial charge in [0.25, 0.3) is 0 Å². The van der Waals surface area contributed by atoms with E-state index in [0.29, 0.717) is 15.9 Å². The molecule has 0 aliphatic carbocycles. The standard InChI is InChI=1S/C27H26ClN5OS/c1-16-8-11-24(30-15-16)32-17(2)13-20(18(32)3)26-25(22-7-5-6-12-29-22)31-27(35)33(26)19-9-10-23(34-4)21(28)14-19/h5-15,25-26H,1-4H3,(H,31,35)/t25-,26-/m0/s1. The number of anilines is 1. The molecule has 4 heterocycles. The van der Waals surface area contributed by atoms with Crippen LogP contribution in [0.5, 0.6) is 5.75 Å². The molecule has 1 fully saturated rings. The number of methoxy groups -OCH3 is 1. The molecule has 0 radical (unpaired) electrons. The van der Waals surface area contributed by atoms with Crippen molar-refractivity contribution in [1.29, 1.82) is 0 Å². The van der Waals surface area contributed by atoms with Crippen molar-refractivity contribution in [3.8, 4) is 11.6 Å². The maximum Gasteiger partial charge on any atom is 0.174 e. The maximum atomic E-state index is 6.52. The summed E-state index contributed by atoms with van der Waals surface area (Å²) in [5.41, 5.74) is 6.26. The third-order valence-corrected chi connectivity index (χ3v) is 7.04. The molecule has 4 aromatic rings. The minimum absolute atomic E-state index is 0.146. The van der Waals surface area contributed by atoms with Crippen molar-refractivity contribution in [2.75, 3.05) is 12.0 Å². The SMILES string of the molecule is COc1ccc(N2C(=S)N[C@@H](c3ccccn3)[C@@H]2c2cc(C)n(-c3ccc(C)cn3)c2C)cc1Cl. The highest BCUT2D eigenvalue weighted by molar-refractivity contribution is 7.80. The summed E-state index contributed by atoms with van der Waals surface area (Å²) in [5.74, 6) is 1.51. The van der Waals surface area contributed by atoms with Gasteiger partial charge in [-0.15, -0.1) is 0 Å². The van der Waals surface area contributed by atoms with E-state index in [2.05, 4.69) is 50.7 Å². The third kappa shape index (κ3) is 4.15. The zero-order valence-corrected chi connectivity index (χ0v) is 21.6. The first kappa shape index (κ1) is 23.3. The van der Waals surface area contributed by atoms with E-state index >= 15 is 0 Å². The molecule has 0 bridgehead atoms. The number of nitrogens with zero attached hydrogens (tertiary/aromatic N) is 4. The second-order valence-electron chi connectivity index (χ2n) is 8.67. The molecule has 1 aliphatic heterocycles. The van der Waals surface area contributed by atoms with Crippen LogP contribution in [0, 0.1) is 20.8 Å². The molecule has 1 aliphatic rings. The van der Waals surface area contributed by atoms with Crippen molar-refractivity contribution in [1.82, 2.24) is 19.9 Å². The van der Waals surface area contributed by atoms with E-state index in [-0.39, 0.29) is 12.1 Å². The van der Waals surface area contributed by atoms with Crippen molar-refractivity contribution in [2.24, 2.45) is 0 Å². The Morgan fingerprint density at radius 2 is 1.86 bits per heavy atom. The fraction of sp³-hybridized carbons (Fsp3) is 0.222. The Kier molecular flexibility index (Phi) is 6.21. The van der Waals surface area contributed by atoms with Gasteiger partial charge in [0.15, 0.2) is 5.11 Å². The Balaban J connectivity index is 1.67. The molecule has 8 heteroatoms. The van der Waals surface area contributed by atoms with Gasteiger partial charge in [0.1, 0.15) is 11.6 Å². The molecule has 2 atom stereocenters. The molecule has 0 saturated carbocycles. The summed E-state index contributed by atoms with van der Waals surface area (Å²) in [6.07, 6.45) is 3.70. The molecule has 0 amide bonds. The minimum Gasteiger partial charge on any atom is -0.495 e. The number of thiocarbonyl (C=S) groups is 1. The summed E-state index contributed by atoms with van der Waals surface area (Å²) in [5, 5.41) is 4.66. The lowest BCUT2D eigenvalue weighted by atomic mass is 9.96. The van der Waals surface area contributed by atoms with Crippen LogP contribution in [0.3, 0.4) is 0 Å². The van der Waals surface area contributed by atoms with Crippen LogP contribution in [-0.4, -0.2) is 26.8 Å². The topological polar surface area (TPSA) is 55.2 Å². The van der Waals surface area contributed by atoms with Crippen LogP contribution in [-0.2, 0) is 0 Å². The highest BCUT2D eigenvalue weighted by Crippen LogP contribution is 2.44. The summed E-state index contributed by atoms with van der Waals surface area (Å²) in [6, 6.07) is 17.7. The average molecular weight is 504 g/mol. The molecular formula is C27H26ClN5OS. The lowest BCUT2D eigenvalue weighted by Gasteiger charge is -2.28. The van der Waals surface area contributed by atoms with Gasteiger partial charge in [-0.25, -0.2) is 4.98 Å². The van der Waals surface area contributed by atoms with Gasteiger partial charge in [-0.3, -0.25) is 4.98 Å². The van der Waals surface area contributed by atoms with Crippen molar-refractivity contribution in [3.63, 3.8) is 0 Å². The van der Waals surface area contributed by atoms with E-state index in [1.807, 2.05) is 61.8 Å². The average Bonchev–Trinajstić information content (AvgIpc) is 3.35. The quantitative estimate of drug-likeness (QED) is 0.335. The number of hydrogen-bond acceptors (Lipinski definition) is 4. The number of ether oxygens (including phenoxy) is 1. The van der Waals surface area contributed by atoms with Crippen LogP contribution in [0.4, 0.5) is 5.69 Å². The van der Waals surface area contributed by atoms with Crippen LogP contribution in [0.2, 0.25) is 5.02 Å². The molecular weight excluding hydrogens is 478 g/mol. The predicted molar refractivity (Wildman–Crippen MR) is 144 cm³/mol. The summed E-state index contributed by atoms with van der Waals surface area (Å²) >= 11 is 12.4. The summed E-state index contributed by atoms with van der Waals surface area (Å²) in [7, 11) is 1.61.